The molecule has 2 N–H and O–H groups in total. The smallest absolute Gasteiger partial charge is 0.122 e. The molecule has 0 aliphatic carbocycles. The molecule has 0 saturated carbocycles. The van der Waals surface area contributed by atoms with Gasteiger partial charge in [0.05, 0.1) is 12.7 Å². The van der Waals surface area contributed by atoms with E-state index in [0.717, 1.165) is 17.7 Å². The predicted octanol–water partition coefficient (Wildman–Crippen LogP) is 1.72. The molecule has 1 aromatic rings. The standard InChI is InChI=1S/C12H15N3O3/c13-15-14-5-3-10(16)12(17)9-1-2-11-8(7-9)4-6-18-11/h1-2,7,10,12,16-17H,3-6H2. The molecular weight excluding hydrogens is 234 g/mol. The molecule has 6 nitrogen and oxygen atoms in total. The Kier molecular flexibility index (Phi) is 4.04. The maximum atomic E-state index is 9.99. The van der Waals surface area contributed by atoms with Crippen LogP contribution in [0.1, 0.15) is 23.7 Å². The van der Waals surface area contributed by atoms with Gasteiger partial charge in [0, 0.05) is 17.9 Å². The van der Waals surface area contributed by atoms with Gasteiger partial charge in [-0.15, -0.1) is 0 Å². The fourth-order valence-corrected chi connectivity index (χ4v) is 2.01. The van der Waals surface area contributed by atoms with E-state index in [1.54, 1.807) is 12.1 Å². The van der Waals surface area contributed by atoms with Gasteiger partial charge in [-0.1, -0.05) is 11.2 Å². The van der Waals surface area contributed by atoms with E-state index in [-0.39, 0.29) is 13.0 Å². The molecule has 1 aliphatic heterocycles. The summed E-state index contributed by atoms with van der Waals surface area (Å²) in [6.45, 7) is 0.830. The predicted molar refractivity (Wildman–Crippen MR) is 65.2 cm³/mol. The summed E-state index contributed by atoms with van der Waals surface area (Å²) in [5, 5.41) is 23.1. The summed E-state index contributed by atoms with van der Waals surface area (Å²) in [6, 6.07) is 5.40. The highest BCUT2D eigenvalue weighted by Gasteiger charge is 2.20. The van der Waals surface area contributed by atoms with Crippen molar-refractivity contribution in [3.05, 3.63) is 39.8 Å². The van der Waals surface area contributed by atoms with Gasteiger partial charge in [-0.2, -0.15) is 0 Å². The highest BCUT2D eigenvalue weighted by molar-refractivity contribution is 5.40. The number of rotatable bonds is 5. The van der Waals surface area contributed by atoms with E-state index in [4.69, 9.17) is 10.3 Å². The molecule has 2 atom stereocenters. The SMILES string of the molecule is [N-]=[N+]=NCCC(O)C(O)c1ccc2c(c1)CCO2. The van der Waals surface area contributed by atoms with Crippen molar-refractivity contribution in [1.29, 1.82) is 0 Å². The lowest BCUT2D eigenvalue weighted by Gasteiger charge is -2.17. The molecule has 2 unspecified atom stereocenters. The topological polar surface area (TPSA) is 98.5 Å². The van der Waals surface area contributed by atoms with Crippen LogP contribution in [0.3, 0.4) is 0 Å². The lowest BCUT2D eigenvalue weighted by Crippen LogP contribution is -2.19. The molecule has 96 valence electrons. The van der Waals surface area contributed by atoms with Crippen LogP contribution in [0.25, 0.3) is 10.4 Å². The molecule has 18 heavy (non-hydrogen) atoms. The maximum Gasteiger partial charge on any atom is 0.122 e. The minimum Gasteiger partial charge on any atom is -0.493 e. The summed E-state index contributed by atoms with van der Waals surface area (Å²) >= 11 is 0. The van der Waals surface area contributed by atoms with Crippen LogP contribution in [0, 0.1) is 0 Å². The fraction of sp³-hybridized carbons (Fsp3) is 0.500. The van der Waals surface area contributed by atoms with E-state index >= 15 is 0 Å². The van der Waals surface area contributed by atoms with Gasteiger partial charge < -0.3 is 14.9 Å². The van der Waals surface area contributed by atoms with Crippen LogP contribution >= 0.6 is 0 Å². The Balaban J connectivity index is 2.03. The van der Waals surface area contributed by atoms with Crippen LogP contribution in [0.15, 0.2) is 23.3 Å². The van der Waals surface area contributed by atoms with Crippen molar-refractivity contribution in [3.63, 3.8) is 0 Å². The van der Waals surface area contributed by atoms with E-state index in [1.165, 1.54) is 0 Å². The van der Waals surface area contributed by atoms with E-state index in [2.05, 4.69) is 10.0 Å². The van der Waals surface area contributed by atoms with E-state index in [9.17, 15) is 10.2 Å². The number of fused-ring (bicyclic) bond motifs is 1. The Labute approximate surface area is 104 Å². The van der Waals surface area contributed by atoms with Crippen molar-refractivity contribution >= 4 is 0 Å². The number of aliphatic hydroxyl groups excluding tert-OH is 2. The monoisotopic (exact) mass is 249 g/mol. The van der Waals surface area contributed by atoms with Crippen LogP contribution < -0.4 is 4.74 Å². The Hall–Kier alpha value is -1.75. The maximum absolute atomic E-state index is 9.99. The first-order valence-corrected chi connectivity index (χ1v) is 5.85. The third-order valence-electron chi connectivity index (χ3n) is 3.01. The Bertz CT molecular complexity index is 472. The molecule has 0 radical (unpaired) electrons. The molecule has 6 heteroatoms. The molecule has 1 aliphatic rings. The Morgan fingerprint density at radius 1 is 1.44 bits per heavy atom. The van der Waals surface area contributed by atoms with Gasteiger partial charge >= 0.3 is 0 Å². The summed E-state index contributed by atoms with van der Waals surface area (Å²) < 4.78 is 5.37. The highest BCUT2D eigenvalue weighted by Crippen LogP contribution is 2.29. The summed E-state index contributed by atoms with van der Waals surface area (Å²) in [5.74, 6) is 0.842. The summed E-state index contributed by atoms with van der Waals surface area (Å²) in [6.07, 6.45) is -0.843. The second kappa shape index (κ2) is 5.73. The normalized spacial score (nSPS) is 16.3. The molecule has 1 heterocycles. The Morgan fingerprint density at radius 3 is 3.06 bits per heavy atom. The van der Waals surface area contributed by atoms with Crippen LogP contribution in [0.4, 0.5) is 0 Å². The third-order valence-corrected chi connectivity index (χ3v) is 3.01. The zero-order chi connectivity index (χ0) is 13.0. The van der Waals surface area contributed by atoms with Gasteiger partial charge in [0.2, 0.25) is 0 Å². The van der Waals surface area contributed by atoms with Crippen LogP contribution in [-0.2, 0) is 6.42 Å². The minimum absolute atomic E-state index is 0.169. The van der Waals surface area contributed by atoms with E-state index < -0.39 is 12.2 Å². The van der Waals surface area contributed by atoms with Crippen LogP contribution in [0.5, 0.6) is 5.75 Å². The third kappa shape index (κ3) is 2.73. The van der Waals surface area contributed by atoms with Crippen LogP contribution in [0.2, 0.25) is 0 Å². The van der Waals surface area contributed by atoms with E-state index in [0.29, 0.717) is 12.2 Å². The fourth-order valence-electron chi connectivity index (χ4n) is 2.01. The second-order valence-electron chi connectivity index (χ2n) is 4.22. The van der Waals surface area contributed by atoms with Crippen molar-refractivity contribution in [2.75, 3.05) is 13.2 Å². The quantitative estimate of drug-likeness (QED) is 0.472. The lowest BCUT2D eigenvalue weighted by atomic mass is 9.99. The molecule has 1 aromatic carbocycles. The molecule has 0 aromatic heterocycles. The van der Waals surface area contributed by atoms with Crippen LogP contribution in [-0.4, -0.2) is 29.5 Å². The zero-order valence-electron chi connectivity index (χ0n) is 9.86. The average Bonchev–Trinajstić information content (AvgIpc) is 2.85. The minimum atomic E-state index is -0.968. The first-order chi connectivity index (χ1) is 8.72. The average molecular weight is 249 g/mol. The number of hydrogen-bond acceptors (Lipinski definition) is 4. The first kappa shape index (κ1) is 12.7. The highest BCUT2D eigenvalue weighted by atomic mass is 16.5. The summed E-state index contributed by atoms with van der Waals surface area (Å²) in [7, 11) is 0. The summed E-state index contributed by atoms with van der Waals surface area (Å²) in [5.41, 5.74) is 9.85. The number of azide groups is 1. The summed E-state index contributed by atoms with van der Waals surface area (Å²) in [4.78, 5) is 2.60. The molecule has 0 amide bonds. The molecule has 0 saturated heterocycles. The van der Waals surface area contributed by atoms with Gasteiger partial charge in [0.15, 0.2) is 0 Å². The van der Waals surface area contributed by atoms with Crippen molar-refractivity contribution in [2.24, 2.45) is 5.11 Å². The Morgan fingerprint density at radius 2 is 2.28 bits per heavy atom. The van der Waals surface area contributed by atoms with Crippen molar-refractivity contribution in [3.8, 4) is 5.75 Å². The van der Waals surface area contributed by atoms with Crippen molar-refractivity contribution in [2.45, 2.75) is 25.0 Å². The molecular formula is C12H15N3O3. The largest absolute Gasteiger partial charge is 0.493 e. The van der Waals surface area contributed by atoms with Crippen molar-refractivity contribution < 1.29 is 14.9 Å². The molecule has 0 bridgehead atoms. The number of aliphatic hydroxyl groups is 2. The molecule has 0 fully saturated rings. The zero-order valence-corrected chi connectivity index (χ0v) is 9.86. The first-order valence-electron chi connectivity index (χ1n) is 5.85. The van der Waals surface area contributed by atoms with E-state index in [1.807, 2.05) is 6.07 Å². The lowest BCUT2D eigenvalue weighted by molar-refractivity contribution is 0.0150. The number of hydrogen-bond donors (Lipinski definition) is 2. The van der Waals surface area contributed by atoms with Crippen molar-refractivity contribution in [1.82, 2.24) is 0 Å². The second-order valence-corrected chi connectivity index (χ2v) is 4.22. The molecule has 2 rings (SSSR count). The number of ether oxygens (including phenoxy) is 1. The number of benzene rings is 1. The van der Waals surface area contributed by atoms with Gasteiger partial charge in [-0.05, 0) is 35.2 Å². The molecule has 0 spiro atoms. The number of nitrogens with zero attached hydrogens (tertiary/aromatic N) is 3. The van der Waals surface area contributed by atoms with Gasteiger partial charge in [-0.25, -0.2) is 0 Å². The van der Waals surface area contributed by atoms with Gasteiger partial charge in [-0.3, -0.25) is 0 Å². The van der Waals surface area contributed by atoms with Gasteiger partial charge in [0.25, 0.3) is 0 Å². The van der Waals surface area contributed by atoms with Gasteiger partial charge in [0.1, 0.15) is 11.9 Å².